The average molecular weight is 540 g/mol. The lowest BCUT2D eigenvalue weighted by atomic mass is 9.74. The number of nitrogens with one attached hydrogen (secondary N) is 2. The number of Topliss-reactive ketones (excluding diaryl/α,β-unsaturated/α-hetero) is 1. The lowest BCUT2D eigenvalue weighted by Crippen LogP contribution is -2.35. The Morgan fingerprint density at radius 3 is 2.50 bits per heavy atom. The third-order valence-electron chi connectivity index (χ3n) is 7.27. The third kappa shape index (κ3) is 5.57. The first kappa shape index (κ1) is 27.0. The molecule has 206 valence electrons. The summed E-state index contributed by atoms with van der Waals surface area (Å²) in [6.45, 7) is 4.06. The molecule has 40 heavy (non-hydrogen) atoms. The number of aromatic nitrogens is 1. The zero-order valence-corrected chi connectivity index (χ0v) is 23.2. The van der Waals surface area contributed by atoms with Crippen molar-refractivity contribution >= 4 is 17.5 Å². The normalized spacial score (nSPS) is 16.7. The van der Waals surface area contributed by atoms with Crippen LogP contribution < -0.4 is 24.8 Å². The van der Waals surface area contributed by atoms with Gasteiger partial charge in [-0.1, -0.05) is 6.07 Å². The summed E-state index contributed by atoms with van der Waals surface area (Å²) in [6.07, 6.45) is 3.65. The minimum Gasteiger partial charge on any atom is -0.497 e. The number of pyridine rings is 1. The van der Waals surface area contributed by atoms with Crippen LogP contribution in [0.5, 0.6) is 17.2 Å². The minimum absolute atomic E-state index is 0.0529. The van der Waals surface area contributed by atoms with Gasteiger partial charge in [0.25, 0.3) is 5.91 Å². The SMILES string of the molecule is COc1ccc(OCc2cc([C@@H]3C(C(=O)Nc4cc(C)ccn4)=C(C)NC4=C3C(=O)CCC4)ccc2OC)cc1. The summed E-state index contributed by atoms with van der Waals surface area (Å²) >= 11 is 0. The number of dihydropyridines is 1. The van der Waals surface area contributed by atoms with E-state index in [1.54, 1.807) is 20.4 Å². The summed E-state index contributed by atoms with van der Waals surface area (Å²) in [4.78, 5) is 31.4. The van der Waals surface area contributed by atoms with Crippen molar-refractivity contribution < 1.29 is 23.8 Å². The van der Waals surface area contributed by atoms with Gasteiger partial charge in [-0.3, -0.25) is 9.59 Å². The number of amides is 1. The molecular formula is C32H33N3O5. The summed E-state index contributed by atoms with van der Waals surface area (Å²) in [5.74, 6) is 1.76. The smallest absolute Gasteiger partial charge is 0.255 e. The van der Waals surface area contributed by atoms with Crippen LogP contribution in [0.3, 0.4) is 0 Å². The van der Waals surface area contributed by atoms with Crippen LogP contribution in [0.2, 0.25) is 0 Å². The Morgan fingerprint density at radius 2 is 1.77 bits per heavy atom. The van der Waals surface area contributed by atoms with Gasteiger partial charge in [0.2, 0.25) is 0 Å². The van der Waals surface area contributed by atoms with E-state index in [1.165, 1.54) is 0 Å². The molecule has 2 N–H and O–H groups in total. The highest BCUT2D eigenvalue weighted by molar-refractivity contribution is 6.09. The summed E-state index contributed by atoms with van der Waals surface area (Å²) < 4.78 is 16.9. The average Bonchev–Trinajstić information content (AvgIpc) is 2.95. The highest BCUT2D eigenvalue weighted by Gasteiger charge is 2.38. The van der Waals surface area contributed by atoms with Gasteiger partial charge in [0.1, 0.15) is 29.7 Å². The second-order valence-corrected chi connectivity index (χ2v) is 9.97. The van der Waals surface area contributed by atoms with Crippen molar-refractivity contribution in [3.8, 4) is 17.2 Å². The number of ketones is 1. The van der Waals surface area contributed by atoms with Crippen LogP contribution in [-0.4, -0.2) is 30.9 Å². The summed E-state index contributed by atoms with van der Waals surface area (Å²) in [7, 11) is 3.23. The van der Waals surface area contributed by atoms with E-state index < -0.39 is 5.92 Å². The van der Waals surface area contributed by atoms with E-state index in [-0.39, 0.29) is 18.3 Å². The molecular weight excluding hydrogens is 506 g/mol. The molecule has 3 aromatic rings. The summed E-state index contributed by atoms with van der Waals surface area (Å²) in [6, 6.07) is 16.8. The maximum atomic E-state index is 13.8. The molecule has 8 nitrogen and oxygen atoms in total. The molecule has 0 saturated heterocycles. The first-order valence-corrected chi connectivity index (χ1v) is 13.3. The number of anilines is 1. The predicted octanol–water partition coefficient (Wildman–Crippen LogP) is 5.59. The van der Waals surface area contributed by atoms with Crippen LogP contribution in [0.4, 0.5) is 5.82 Å². The molecule has 0 bridgehead atoms. The Bertz CT molecular complexity index is 1510. The van der Waals surface area contributed by atoms with E-state index in [0.29, 0.717) is 34.9 Å². The molecule has 1 aromatic heterocycles. The van der Waals surface area contributed by atoms with Crippen molar-refractivity contribution in [3.05, 3.63) is 100 Å². The Labute approximate surface area is 234 Å². The molecule has 2 aliphatic rings. The molecule has 0 spiro atoms. The number of ether oxygens (including phenoxy) is 3. The number of hydrogen-bond donors (Lipinski definition) is 2. The number of benzene rings is 2. The molecule has 1 atom stereocenters. The molecule has 1 aliphatic carbocycles. The van der Waals surface area contributed by atoms with Crippen LogP contribution in [0.15, 0.2) is 83.3 Å². The van der Waals surface area contributed by atoms with Crippen molar-refractivity contribution in [2.45, 2.75) is 45.6 Å². The van der Waals surface area contributed by atoms with Gasteiger partial charge in [0.05, 0.1) is 14.2 Å². The molecule has 2 heterocycles. The summed E-state index contributed by atoms with van der Waals surface area (Å²) in [5.41, 5.74) is 5.35. The molecule has 1 amide bonds. The molecule has 2 aromatic carbocycles. The standard InChI is InChI=1S/C32H33N3O5/c1-19-14-15-33-28(16-19)35-32(37)29-20(2)34-25-6-5-7-26(36)31(25)30(29)21-8-13-27(39-4)22(17-21)18-40-24-11-9-23(38-3)10-12-24/h8-17,30,34H,5-7,18H2,1-4H3,(H,33,35,37)/t30-/m1/s1. The second kappa shape index (κ2) is 11.7. The summed E-state index contributed by atoms with van der Waals surface area (Å²) in [5, 5.41) is 6.31. The van der Waals surface area contributed by atoms with Gasteiger partial charge in [-0.2, -0.15) is 0 Å². The molecule has 1 aliphatic heterocycles. The number of carbonyl (C=O) groups is 2. The van der Waals surface area contributed by atoms with Crippen molar-refractivity contribution in [1.29, 1.82) is 0 Å². The van der Waals surface area contributed by atoms with Crippen molar-refractivity contribution in [1.82, 2.24) is 10.3 Å². The Morgan fingerprint density at radius 1 is 1.00 bits per heavy atom. The zero-order valence-electron chi connectivity index (χ0n) is 23.2. The van der Waals surface area contributed by atoms with E-state index in [0.717, 1.165) is 46.7 Å². The van der Waals surface area contributed by atoms with E-state index in [9.17, 15) is 9.59 Å². The van der Waals surface area contributed by atoms with Crippen molar-refractivity contribution in [3.63, 3.8) is 0 Å². The van der Waals surface area contributed by atoms with Gasteiger partial charge in [-0.15, -0.1) is 0 Å². The number of allylic oxidation sites excluding steroid dienone is 3. The van der Waals surface area contributed by atoms with E-state index >= 15 is 0 Å². The highest BCUT2D eigenvalue weighted by atomic mass is 16.5. The number of carbonyl (C=O) groups excluding carboxylic acids is 2. The number of aryl methyl sites for hydroxylation is 1. The third-order valence-corrected chi connectivity index (χ3v) is 7.27. The maximum Gasteiger partial charge on any atom is 0.255 e. The van der Waals surface area contributed by atoms with Crippen molar-refractivity contribution in [2.75, 3.05) is 19.5 Å². The van der Waals surface area contributed by atoms with Gasteiger partial charge < -0.3 is 24.8 Å². The van der Waals surface area contributed by atoms with Gasteiger partial charge >= 0.3 is 0 Å². The molecule has 0 unspecified atom stereocenters. The van der Waals surface area contributed by atoms with Crippen LogP contribution in [0.1, 0.15) is 48.8 Å². The number of methoxy groups -OCH3 is 2. The molecule has 0 saturated carbocycles. The van der Waals surface area contributed by atoms with Crippen LogP contribution >= 0.6 is 0 Å². The second-order valence-electron chi connectivity index (χ2n) is 9.97. The monoisotopic (exact) mass is 539 g/mol. The largest absolute Gasteiger partial charge is 0.497 e. The van der Waals surface area contributed by atoms with Crippen LogP contribution in [-0.2, 0) is 16.2 Å². The van der Waals surface area contributed by atoms with Crippen LogP contribution in [0.25, 0.3) is 0 Å². The van der Waals surface area contributed by atoms with Gasteiger partial charge in [-0.05, 0) is 86.3 Å². The van der Waals surface area contributed by atoms with Gasteiger partial charge in [0, 0.05) is 46.6 Å². The van der Waals surface area contributed by atoms with E-state index in [4.69, 9.17) is 14.2 Å². The Balaban J connectivity index is 1.52. The fourth-order valence-electron chi connectivity index (χ4n) is 5.33. The lowest BCUT2D eigenvalue weighted by Gasteiger charge is -2.34. The quantitative estimate of drug-likeness (QED) is 0.385. The molecule has 8 heteroatoms. The predicted molar refractivity (Wildman–Crippen MR) is 152 cm³/mol. The van der Waals surface area contributed by atoms with Gasteiger partial charge in [0.15, 0.2) is 5.78 Å². The first-order valence-electron chi connectivity index (χ1n) is 13.3. The zero-order chi connectivity index (χ0) is 28.2. The van der Waals surface area contributed by atoms with E-state index in [1.807, 2.05) is 68.4 Å². The highest BCUT2D eigenvalue weighted by Crippen LogP contribution is 2.43. The number of nitrogens with zero attached hydrogens (tertiary/aromatic N) is 1. The van der Waals surface area contributed by atoms with Crippen LogP contribution in [0, 0.1) is 6.92 Å². The molecule has 5 rings (SSSR count). The topological polar surface area (TPSA) is 98.8 Å². The fourth-order valence-corrected chi connectivity index (χ4v) is 5.33. The Hall–Kier alpha value is -4.59. The first-order chi connectivity index (χ1) is 19.4. The number of rotatable bonds is 8. The Kier molecular flexibility index (Phi) is 7.86. The van der Waals surface area contributed by atoms with Crippen molar-refractivity contribution in [2.24, 2.45) is 0 Å². The minimum atomic E-state index is -0.542. The maximum absolute atomic E-state index is 13.8. The van der Waals surface area contributed by atoms with E-state index in [2.05, 4.69) is 15.6 Å². The van der Waals surface area contributed by atoms with Gasteiger partial charge in [-0.25, -0.2) is 4.98 Å². The number of hydrogen-bond acceptors (Lipinski definition) is 7. The molecule has 0 fully saturated rings. The lowest BCUT2D eigenvalue weighted by molar-refractivity contribution is -0.116. The molecule has 0 radical (unpaired) electrons. The fraction of sp³-hybridized carbons (Fsp3) is 0.281.